The minimum Gasteiger partial charge on any atom is -0.496 e. The fourth-order valence-electron chi connectivity index (χ4n) is 1.98. The number of ether oxygens (including phenoxy) is 1. The monoisotopic (exact) mass is 245 g/mol. The van der Waals surface area contributed by atoms with Crippen molar-refractivity contribution in [1.29, 1.82) is 0 Å². The Hall–Kier alpha value is -1.81. The number of hydrogen-bond donors (Lipinski definition) is 1. The van der Waals surface area contributed by atoms with Gasteiger partial charge in [0.05, 0.1) is 18.8 Å². The van der Waals surface area contributed by atoms with E-state index in [4.69, 9.17) is 10.5 Å². The minimum absolute atomic E-state index is 0.110. The molecule has 0 amide bonds. The molecule has 1 unspecified atom stereocenters. The van der Waals surface area contributed by atoms with Gasteiger partial charge >= 0.3 is 0 Å². The third-order valence-electron chi connectivity index (χ3n) is 3.14. The first-order valence-electron chi connectivity index (χ1n) is 6.00. The lowest BCUT2D eigenvalue weighted by molar-refractivity contribution is 0.408. The first kappa shape index (κ1) is 12.6. The second-order valence-corrected chi connectivity index (χ2v) is 4.46. The third-order valence-corrected chi connectivity index (χ3v) is 3.14. The van der Waals surface area contributed by atoms with Gasteiger partial charge in [0.25, 0.3) is 0 Å². The van der Waals surface area contributed by atoms with E-state index in [1.165, 1.54) is 0 Å². The predicted molar refractivity (Wildman–Crippen MR) is 71.6 cm³/mol. The molecular formula is C14H19N3O. The highest BCUT2D eigenvalue weighted by Crippen LogP contribution is 2.23. The number of nitrogens with zero attached hydrogens (tertiary/aromatic N) is 2. The van der Waals surface area contributed by atoms with Gasteiger partial charge in [-0.3, -0.25) is 4.68 Å². The Labute approximate surface area is 107 Å². The Bertz CT molecular complexity index is 514. The fraction of sp³-hybridized carbons (Fsp3) is 0.357. The molecule has 0 radical (unpaired) electrons. The summed E-state index contributed by atoms with van der Waals surface area (Å²) in [7, 11) is 3.60. The molecule has 0 aliphatic rings. The Morgan fingerprint density at radius 1 is 1.39 bits per heavy atom. The number of nitrogens with two attached hydrogens (primary N) is 1. The highest BCUT2D eigenvalue weighted by atomic mass is 16.5. The number of aromatic nitrogens is 2. The van der Waals surface area contributed by atoms with Crippen LogP contribution in [-0.4, -0.2) is 16.9 Å². The van der Waals surface area contributed by atoms with Gasteiger partial charge in [-0.2, -0.15) is 5.10 Å². The highest BCUT2D eigenvalue weighted by molar-refractivity contribution is 5.34. The molecular weight excluding hydrogens is 226 g/mol. The van der Waals surface area contributed by atoms with Crippen molar-refractivity contribution in [2.45, 2.75) is 19.4 Å². The standard InChI is InChI=1S/C14H19N3O/c1-10-8-13(16-17(10)2)12(15)9-11-6-4-5-7-14(11)18-3/h4-8,12H,9,15H2,1-3H3. The van der Waals surface area contributed by atoms with Gasteiger partial charge in [-0.05, 0) is 31.0 Å². The molecule has 2 aromatic rings. The van der Waals surface area contributed by atoms with Crippen LogP contribution in [0.5, 0.6) is 5.75 Å². The van der Waals surface area contributed by atoms with Crippen LogP contribution in [0.2, 0.25) is 0 Å². The van der Waals surface area contributed by atoms with Crippen molar-refractivity contribution in [2.75, 3.05) is 7.11 Å². The normalized spacial score (nSPS) is 12.4. The third kappa shape index (κ3) is 2.54. The molecule has 4 nitrogen and oxygen atoms in total. The van der Waals surface area contributed by atoms with Crippen molar-refractivity contribution in [3.8, 4) is 5.75 Å². The Kier molecular flexibility index (Phi) is 3.67. The Morgan fingerprint density at radius 2 is 2.11 bits per heavy atom. The van der Waals surface area contributed by atoms with Crippen molar-refractivity contribution >= 4 is 0 Å². The molecule has 0 fully saturated rings. The van der Waals surface area contributed by atoms with Crippen molar-refractivity contribution in [1.82, 2.24) is 9.78 Å². The number of rotatable bonds is 4. The van der Waals surface area contributed by atoms with Crippen LogP contribution in [0, 0.1) is 6.92 Å². The van der Waals surface area contributed by atoms with Crippen LogP contribution in [-0.2, 0) is 13.5 Å². The molecule has 0 aliphatic carbocycles. The lowest BCUT2D eigenvalue weighted by Gasteiger charge is -2.12. The summed E-state index contributed by atoms with van der Waals surface area (Å²) >= 11 is 0. The highest BCUT2D eigenvalue weighted by Gasteiger charge is 2.13. The average molecular weight is 245 g/mol. The summed E-state index contributed by atoms with van der Waals surface area (Å²) in [5.74, 6) is 0.876. The van der Waals surface area contributed by atoms with Gasteiger partial charge in [0.1, 0.15) is 5.75 Å². The summed E-state index contributed by atoms with van der Waals surface area (Å²) in [6, 6.07) is 9.86. The van der Waals surface area contributed by atoms with Gasteiger partial charge in [-0.25, -0.2) is 0 Å². The summed E-state index contributed by atoms with van der Waals surface area (Å²) in [4.78, 5) is 0. The minimum atomic E-state index is -0.110. The molecule has 0 aliphatic heterocycles. The van der Waals surface area contributed by atoms with E-state index in [1.807, 2.05) is 49.0 Å². The largest absolute Gasteiger partial charge is 0.496 e. The quantitative estimate of drug-likeness (QED) is 0.896. The van der Waals surface area contributed by atoms with Gasteiger partial charge in [-0.15, -0.1) is 0 Å². The van der Waals surface area contributed by atoms with Crippen LogP contribution < -0.4 is 10.5 Å². The number of aryl methyl sites for hydroxylation is 2. The maximum absolute atomic E-state index is 6.20. The second-order valence-electron chi connectivity index (χ2n) is 4.46. The summed E-state index contributed by atoms with van der Waals surface area (Å²) in [5, 5.41) is 4.41. The van der Waals surface area contributed by atoms with E-state index in [2.05, 4.69) is 5.10 Å². The van der Waals surface area contributed by atoms with Gasteiger partial charge in [0.2, 0.25) is 0 Å². The van der Waals surface area contributed by atoms with Crippen LogP contribution in [0.1, 0.15) is 23.0 Å². The van der Waals surface area contributed by atoms with Crippen molar-refractivity contribution < 1.29 is 4.74 Å². The zero-order valence-electron chi connectivity index (χ0n) is 11.1. The number of para-hydroxylation sites is 1. The van der Waals surface area contributed by atoms with Crippen molar-refractivity contribution in [3.63, 3.8) is 0 Å². The van der Waals surface area contributed by atoms with Crippen LogP contribution >= 0.6 is 0 Å². The molecule has 1 atom stereocenters. The molecule has 1 aromatic carbocycles. The van der Waals surface area contributed by atoms with E-state index in [0.717, 1.165) is 29.1 Å². The van der Waals surface area contributed by atoms with Crippen LogP contribution in [0.4, 0.5) is 0 Å². The molecule has 2 rings (SSSR count). The van der Waals surface area contributed by atoms with Gasteiger partial charge < -0.3 is 10.5 Å². The molecule has 0 saturated heterocycles. The average Bonchev–Trinajstić information content (AvgIpc) is 2.70. The van der Waals surface area contributed by atoms with Crippen molar-refractivity contribution in [2.24, 2.45) is 12.8 Å². The smallest absolute Gasteiger partial charge is 0.122 e. The first-order valence-corrected chi connectivity index (χ1v) is 6.00. The molecule has 0 bridgehead atoms. The Balaban J connectivity index is 2.18. The molecule has 0 spiro atoms. The van der Waals surface area contributed by atoms with E-state index in [-0.39, 0.29) is 6.04 Å². The van der Waals surface area contributed by atoms with E-state index >= 15 is 0 Å². The molecule has 2 N–H and O–H groups in total. The molecule has 1 aromatic heterocycles. The molecule has 96 valence electrons. The zero-order chi connectivity index (χ0) is 13.1. The lowest BCUT2D eigenvalue weighted by atomic mass is 10.0. The summed E-state index contributed by atoms with van der Waals surface area (Å²) < 4.78 is 7.17. The number of methoxy groups -OCH3 is 1. The number of hydrogen-bond acceptors (Lipinski definition) is 3. The van der Waals surface area contributed by atoms with Crippen molar-refractivity contribution in [3.05, 3.63) is 47.3 Å². The van der Waals surface area contributed by atoms with Crippen LogP contribution in [0.3, 0.4) is 0 Å². The molecule has 18 heavy (non-hydrogen) atoms. The predicted octanol–water partition coefficient (Wildman–Crippen LogP) is 1.98. The molecule has 1 heterocycles. The molecule has 4 heteroatoms. The van der Waals surface area contributed by atoms with E-state index in [1.54, 1.807) is 7.11 Å². The first-order chi connectivity index (χ1) is 8.61. The van der Waals surface area contributed by atoms with Crippen LogP contribution in [0.25, 0.3) is 0 Å². The number of benzene rings is 1. The summed E-state index contributed by atoms with van der Waals surface area (Å²) in [6.45, 7) is 2.02. The zero-order valence-corrected chi connectivity index (χ0v) is 11.1. The maximum Gasteiger partial charge on any atom is 0.122 e. The Morgan fingerprint density at radius 3 is 2.72 bits per heavy atom. The fourth-order valence-corrected chi connectivity index (χ4v) is 1.98. The topological polar surface area (TPSA) is 53.1 Å². The van der Waals surface area contributed by atoms with Gasteiger partial charge in [0.15, 0.2) is 0 Å². The van der Waals surface area contributed by atoms with E-state index < -0.39 is 0 Å². The van der Waals surface area contributed by atoms with E-state index in [9.17, 15) is 0 Å². The van der Waals surface area contributed by atoms with E-state index in [0.29, 0.717) is 0 Å². The molecule has 0 saturated carbocycles. The summed E-state index contributed by atoms with van der Waals surface area (Å²) in [6.07, 6.45) is 0.723. The second kappa shape index (κ2) is 5.23. The maximum atomic E-state index is 6.20. The van der Waals surface area contributed by atoms with Gasteiger partial charge in [0, 0.05) is 12.7 Å². The SMILES string of the molecule is COc1ccccc1CC(N)c1cc(C)n(C)n1. The lowest BCUT2D eigenvalue weighted by Crippen LogP contribution is -2.14. The van der Waals surface area contributed by atoms with Gasteiger partial charge in [-0.1, -0.05) is 18.2 Å². The van der Waals surface area contributed by atoms with Crippen LogP contribution in [0.15, 0.2) is 30.3 Å². The summed E-state index contributed by atoms with van der Waals surface area (Å²) in [5.41, 5.74) is 9.34.